The molecule has 1 heterocycles. The third-order valence-electron chi connectivity index (χ3n) is 3.66. The molecule has 0 spiro atoms. The molecule has 0 saturated heterocycles. The first-order valence-electron chi connectivity index (χ1n) is 7.14. The highest BCUT2D eigenvalue weighted by Crippen LogP contribution is 2.29. The number of thiazole rings is 1. The van der Waals surface area contributed by atoms with E-state index in [-0.39, 0.29) is 5.91 Å². The van der Waals surface area contributed by atoms with Crippen LogP contribution in [0.4, 0.5) is 0 Å². The summed E-state index contributed by atoms with van der Waals surface area (Å²) in [5.41, 5.74) is 2.67. The SMILES string of the molecule is CCN(C(=O)c1ccc(-c2nc(CCl)cs2)cc1)C1CC1. The van der Waals surface area contributed by atoms with Crippen LogP contribution in [0.1, 0.15) is 35.8 Å². The summed E-state index contributed by atoms with van der Waals surface area (Å²) in [6, 6.07) is 8.16. The average molecular weight is 321 g/mol. The topological polar surface area (TPSA) is 33.2 Å². The van der Waals surface area contributed by atoms with Crippen molar-refractivity contribution in [1.82, 2.24) is 9.88 Å². The van der Waals surface area contributed by atoms with Gasteiger partial charge in [-0.2, -0.15) is 0 Å². The molecule has 21 heavy (non-hydrogen) atoms. The number of nitrogens with zero attached hydrogens (tertiary/aromatic N) is 2. The van der Waals surface area contributed by atoms with Crippen molar-refractivity contribution in [2.75, 3.05) is 6.54 Å². The van der Waals surface area contributed by atoms with Gasteiger partial charge in [0.2, 0.25) is 0 Å². The van der Waals surface area contributed by atoms with Crippen LogP contribution in [0, 0.1) is 0 Å². The Balaban J connectivity index is 1.78. The molecule has 110 valence electrons. The average Bonchev–Trinajstić information content (AvgIpc) is 3.24. The van der Waals surface area contributed by atoms with Crippen LogP contribution in [0.25, 0.3) is 10.6 Å². The molecule has 1 fully saturated rings. The van der Waals surface area contributed by atoms with Gasteiger partial charge in [-0.25, -0.2) is 4.98 Å². The van der Waals surface area contributed by atoms with E-state index in [0.717, 1.165) is 41.2 Å². The molecule has 0 aliphatic heterocycles. The Bertz CT molecular complexity index is 634. The van der Waals surface area contributed by atoms with Crippen LogP contribution in [-0.2, 0) is 5.88 Å². The Labute approximate surface area is 133 Å². The molecule has 0 atom stereocenters. The number of benzene rings is 1. The zero-order valence-electron chi connectivity index (χ0n) is 11.9. The van der Waals surface area contributed by atoms with Crippen LogP contribution >= 0.6 is 22.9 Å². The molecule has 1 aliphatic carbocycles. The Morgan fingerprint density at radius 2 is 2.10 bits per heavy atom. The molecule has 1 saturated carbocycles. The maximum atomic E-state index is 12.5. The van der Waals surface area contributed by atoms with Crippen molar-refractivity contribution < 1.29 is 4.79 Å². The minimum Gasteiger partial charge on any atom is -0.336 e. The first-order chi connectivity index (χ1) is 10.2. The first kappa shape index (κ1) is 14.5. The second kappa shape index (κ2) is 6.16. The van der Waals surface area contributed by atoms with E-state index in [9.17, 15) is 4.79 Å². The minimum atomic E-state index is 0.132. The van der Waals surface area contributed by atoms with Gasteiger partial charge in [-0.15, -0.1) is 22.9 Å². The van der Waals surface area contributed by atoms with E-state index < -0.39 is 0 Å². The van der Waals surface area contributed by atoms with E-state index in [4.69, 9.17) is 11.6 Å². The van der Waals surface area contributed by atoms with Crippen LogP contribution in [0.2, 0.25) is 0 Å². The van der Waals surface area contributed by atoms with Gasteiger partial charge in [-0.1, -0.05) is 12.1 Å². The number of rotatable bonds is 5. The molecule has 3 rings (SSSR count). The summed E-state index contributed by atoms with van der Waals surface area (Å²) in [5.74, 6) is 0.562. The van der Waals surface area contributed by atoms with Crippen LogP contribution < -0.4 is 0 Å². The highest BCUT2D eigenvalue weighted by atomic mass is 35.5. The van der Waals surface area contributed by atoms with Gasteiger partial charge in [0.25, 0.3) is 5.91 Å². The van der Waals surface area contributed by atoms with Gasteiger partial charge < -0.3 is 4.90 Å². The van der Waals surface area contributed by atoms with Crippen molar-refractivity contribution in [3.63, 3.8) is 0 Å². The normalized spacial score (nSPS) is 14.2. The van der Waals surface area contributed by atoms with Crippen molar-refractivity contribution in [1.29, 1.82) is 0 Å². The lowest BCUT2D eigenvalue weighted by atomic mass is 10.1. The Morgan fingerprint density at radius 1 is 1.38 bits per heavy atom. The molecule has 0 unspecified atom stereocenters. The van der Waals surface area contributed by atoms with Gasteiger partial charge >= 0.3 is 0 Å². The third kappa shape index (κ3) is 3.11. The molecule has 2 aromatic rings. The number of carbonyl (C=O) groups is 1. The molecule has 3 nitrogen and oxygen atoms in total. The number of aromatic nitrogens is 1. The van der Waals surface area contributed by atoms with Crippen LogP contribution in [0.3, 0.4) is 0 Å². The lowest BCUT2D eigenvalue weighted by Crippen LogP contribution is -2.32. The molecule has 5 heteroatoms. The minimum absolute atomic E-state index is 0.132. The monoisotopic (exact) mass is 320 g/mol. The second-order valence-electron chi connectivity index (χ2n) is 5.18. The van der Waals surface area contributed by atoms with Crippen molar-refractivity contribution in [2.24, 2.45) is 0 Å². The Hall–Kier alpha value is -1.39. The number of alkyl halides is 1. The molecular weight excluding hydrogens is 304 g/mol. The molecule has 1 aromatic carbocycles. The zero-order chi connectivity index (χ0) is 14.8. The quantitative estimate of drug-likeness (QED) is 0.774. The zero-order valence-corrected chi connectivity index (χ0v) is 13.5. The summed E-state index contributed by atoms with van der Waals surface area (Å²) in [6.45, 7) is 2.81. The van der Waals surface area contributed by atoms with Gasteiger partial charge in [-0.05, 0) is 31.9 Å². The van der Waals surface area contributed by atoms with Crippen LogP contribution in [-0.4, -0.2) is 28.4 Å². The fourth-order valence-electron chi connectivity index (χ4n) is 2.38. The van der Waals surface area contributed by atoms with E-state index in [2.05, 4.69) is 4.98 Å². The Morgan fingerprint density at radius 3 is 2.62 bits per heavy atom. The first-order valence-corrected chi connectivity index (χ1v) is 8.56. The summed E-state index contributed by atoms with van der Waals surface area (Å²) in [4.78, 5) is 18.9. The summed E-state index contributed by atoms with van der Waals surface area (Å²) in [6.07, 6.45) is 2.27. The highest BCUT2D eigenvalue weighted by molar-refractivity contribution is 7.13. The summed E-state index contributed by atoms with van der Waals surface area (Å²) in [7, 11) is 0. The van der Waals surface area contributed by atoms with Crippen LogP contribution in [0.5, 0.6) is 0 Å². The number of hydrogen-bond acceptors (Lipinski definition) is 3. The van der Waals surface area contributed by atoms with Crippen molar-refractivity contribution in [3.8, 4) is 10.6 Å². The van der Waals surface area contributed by atoms with Gasteiger partial charge in [0, 0.05) is 29.1 Å². The lowest BCUT2D eigenvalue weighted by Gasteiger charge is -2.20. The molecular formula is C16H17ClN2OS. The van der Waals surface area contributed by atoms with Gasteiger partial charge in [0.1, 0.15) is 5.01 Å². The van der Waals surface area contributed by atoms with Crippen molar-refractivity contribution in [2.45, 2.75) is 31.7 Å². The molecule has 1 aromatic heterocycles. The predicted octanol–water partition coefficient (Wildman–Crippen LogP) is 4.17. The number of amides is 1. The summed E-state index contributed by atoms with van der Waals surface area (Å²) >= 11 is 7.35. The lowest BCUT2D eigenvalue weighted by molar-refractivity contribution is 0.0752. The highest BCUT2D eigenvalue weighted by Gasteiger charge is 2.31. The summed E-state index contributed by atoms with van der Waals surface area (Å²) in [5, 5.41) is 2.91. The molecule has 0 bridgehead atoms. The van der Waals surface area contributed by atoms with Gasteiger partial charge in [0.15, 0.2) is 0 Å². The smallest absolute Gasteiger partial charge is 0.254 e. The number of hydrogen-bond donors (Lipinski definition) is 0. The Kier molecular flexibility index (Phi) is 4.27. The maximum Gasteiger partial charge on any atom is 0.254 e. The molecule has 1 aliphatic rings. The maximum absolute atomic E-state index is 12.5. The number of carbonyl (C=O) groups excluding carboxylic acids is 1. The second-order valence-corrected chi connectivity index (χ2v) is 6.30. The van der Waals surface area contributed by atoms with E-state index in [1.165, 1.54) is 0 Å². The largest absolute Gasteiger partial charge is 0.336 e. The molecule has 0 radical (unpaired) electrons. The van der Waals surface area contributed by atoms with Gasteiger partial charge in [0.05, 0.1) is 11.6 Å². The standard InChI is InChI=1S/C16H17ClN2OS/c1-2-19(14-7-8-14)16(20)12-5-3-11(4-6-12)15-18-13(9-17)10-21-15/h3-6,10,14H,2,7-9H2,1H3. The number of halogens is 1. The molecule has 0 N–H and O–H groups in total. The van der Waals surface area contributed by atoms with E-state index in [1.54, 1.807) is 11.3 Å². The predicted molar refractivity (Wildman–Crippen MR) is 86.8 cm³/mol. The van der Waals surface area contributed by atoms with Crippen molar-refractivity contribution >= 4 is 28.8 Å². The van der Waals surface area contributed by atoms with E-state index >= 15 is 0 Å². The van der Waals surface area contributed by atoms with Crippen molar-refractivity contribution in [3.05, 3.63) is 40.9 Å². The van der Waals surface area contributed by atoms with E-state index in [1.807, 2.05) is 41.5 Å². The van der Waals surface area contributed by atoms with Gasteiger partial charge in [-0.3, -0.25) is 4.79 Å². The molecule has 1 amide bonds. The van der Waals surface area contributed by atoms with E-state index in [0.29, 0.717) is 11.9 Å². The fourth-order valence-corrected chi connectivity index (χ4v) is 3.43. The fraction of sp³-hybridized carbons (Fsp3) is 0.375. The third-order valence-corrected chi connectivity index (χ3v) is 4.87. The van der Waals surface area contributed by atoms with Crippen LogP contribution in [0.15, 0.2) is 29.6 Å². The summed E-state index contributed by atoms with van der Waals surface area (Å²) < 4.78 is 0.